The molecule has 0 aliphatic heterocycles. The highest BCUT2D eigenvalue weighted by Crippen LogP contribution is 2.11. The third-order valence-corrected chi connectivity index (χ3v) is 3.21. The molecule has 16 heavy (non-hydrogen) atoms. The Bertz CT molecular complexity index is 208. The Labute approximate surface area is 99.6 Å². The number of carbonyl (C=O) groups excluding carboxylic acids is 1. The number of hydrogen-bond acceptors (Lipinski definition) is 3. The van der Waals surface area contributed by atoms with Gasteiger partial charge in [0.1, 0.15) is 0 Å². The highest BCUT2D eigenvalue weighted by atomic mass is 16.1. The van der Waals surface area contributed by atoms with Crippen molar-refractivity contribution in [3.63, 3.8) is 0 Å². The number of amides is 1. The number of carbonyl (C=O) groups is 1. The van der Waals surface area contributed by atoms with Crippen LogP contribution in [0.3, 0.4) is 0 Å². The molecule has 0 radical (unpaired) electrons. The van der Waals surface area contributed by atoms with E-state index in [1.807, 2.05) is 6.92 Å². The average Bonchev–Trinajstić information content (AvgIpc) is 2.25. The van der Waals surface area contributed by atoms with E-state index in [0.717, 1.165) is 25.9 Å². The van der Waals surface area contributed by atoms with E-state index in [0.29, 0.717) is 0 Å². The Hall–Kier alpha value is -0.610. The fourth-order valence-corrected chi connectivity index (χ4v) is 1.61. The van der Waals surface area contributed by atoms with Gasteiger partial charge in [-0.05, 0) is 53.4 Å². The van der Waals surface area contributed by atoms with Crippen LogP contribution in [0.2, 0.25) is 0 Å². The van der Waals surface area contributed by atoms with Gasteiger partial charge in [0.15, 0.2) is 0 Å². The molecule has 3 N–H and O–H groups in total. The van der Waals surface area contributed by atoms with Crippen molar-refractivity contribution in [1.82, 2.24) is 10.2 Å². The zero-order valence-electron chi connectivity index (χ0n) is 11.2. The summed E-state index contributed by atoms with van der Waals surface area (Å²) in [4.78, 5) is 13.6. The topological polar surface area (TPSA) is 58.4 Å². The molecule has 0 heterocycles. The second kappa shape index (κ2) is 7.63. The summed E-state index contributed by atoms with van der Waals surface area (Å²) in [5, 5.41) is 3.00. The molecule has 0 fully saturated rings. The van der Waals surface area contributed by atoms with Crippen molar-refractivity contribution < 1.29 is 4.79 Å². The van der Waals surface area contributed by atoms with Gasteiger partial charge in [0.05, 0.1) is 5.54 Å². The summed E-state index contributed by atoms with van der Waals surface area (Å²) in [6, 6.07) is 0. The van der Waals surface area contributed by atoms with E-state index >= 15 is 0 Å². The Morgan fingerprint density at radius 3 is 2.38 bits per heavy atom. The average molecular weight is 229 g/mol. The molecule has 0 saturated carbocycles. The number of nitrogens with one attached hydrogen (secondary N) is 1. The van der Waals surface area contributed by atoms with Gasteiger partial charge in [-0.1, -0.05) is 13.3 Å². The molecule has 0 aromatic carbocycles. The zero-order valence-corrected chi connectivity index (χ0v) is 11.2. The van der Waals surface area contributed by atoms with Crippen molar-refractivity contribution in [2.45, 2.75) is 45.1 Å². The predicted octanol–water partition coefficient (Wildman–Crippen LogP) is 0.962. The molecule has 0 aliphatic rings. The molecular weight excluding hydrogens is 202 g/mol. The van der Waals surface area contributed by atoms with Crippen LogP contribution in [0.4, 0.5) is 0 Å². The smallest absolute Gasteiger partial charge is 0.237 e. The molecule has 96 valence electrons. The first kappa shape index (κ1) is 15.4. The van der Waals surface area contributed by atoms with Crippen LogP contribution in [0.1, 0.15) is 39.5 Å². The van der Waals surface area contributed by atoms with Crippen molar-refractivity contribution in [1.29, 1.82) is 0 Å². The highest BCUT2D eigenvalue weighted by Gasteiger charge is 2.27. The van der Waals surface area contributed by atoms with E-state index in [9.17, 15) is 4.79 Å². The summed E-state index contributed by atoms with van der Waals surface area (Å²) >= 11 is 0. The summed E-state index contributed by atoms with van der Waals surface area (Å²) < 4.78 is 0. The van der Waals surface area contributed by atoms with Crippen molar-refractivity contribution in [2.75, 3.05) is 27.2 Å². The van der Waals surface area contributed by atoms with Crippen LogP contribution in [-0.2, 0) is 4.79 Å². The molecular formula is C12H27N3O. The van der Waals surface area contributed by atoms with Crippen LogP contribution >= 0.6 is 0 Å². The Kier molecular flexibility index (Phi) is 7.34. The zero-order chi connectivity index (χ0) is 12.6. The molecule has 0 spiro atoms. The first-order valence-electron chi connectivity index (χ1n) is 6.13. The van der Waals surface area contributed by atoms with Crippen molar-refractivity contribution in [3.05, 3.63) is 0 Å². The highest BCUT2D eigenvalue weighted by molar-refractivity contribution is 5.84. The van der Waals surface area contributed by atoms with Crippen LogP contribution < -0.4 is 11.1 Å². The molecule has 0 aromatic heterocycles. The summed E-state index contributed by atoms with van der Waals surface area (Å²) in [5.41, 5.74) is 4.80. The van der Waals surface area contributed by atoms with Gasteiger partial charge in [-0.25, -0.2) is 0 Å². The lowest BCUT2D eigenvalue weighted by Crippen LogP contribution is -2.51. The van der Waals surface area contributed by atoms with Gasteiger partial charge in [0.2, 0.25) is 5.91 Å². The predicted molar refractivity (Wildman–Crippen MR) is 68.3 cm³/mol. The maximum Gasteiger partial charge on any atom is 0.237 e. The number of nitrogens with zero attached hydrogens (tertiary/aromatic N) is 1. The molecule has 1 amide bonds. The third kappa shape index (κ3) is 5.47. The van der Waals surface area contributed by atoms with Gasteiger partial charge in [0.25, 0.3) is 0 Å². The first-order valence-corrected chi connectivity index (χ1v) is 6.13. The maximum absolute atomic E-state index is 11.2. The quantitative estimate of drug-likeness (QED) is 0.619. The number of hydrogen-bond donors (Lipinski definition) is 2. The minimum absolute atomic E-state index is 0.272. The number of rotatable bonds is 9. The molecule has 0 bridgehead atoms. The van der Waals surface area contributed by atoms with Crippen LogP contribution in [0, 0.1) is 0 Å². The van der Waals surface area contributed by atoms with E-state index in [1.54, 1.807) is 7.05 Å². The molecule has 0 aliphatic carbocycles. The van der Waals surface area contributed by atoms with Crippen LogP contribution in [0.5, 0.6) is 0 Å². The van der Waals surface area contributed by atoms with Crippen molar-refractivity contribution in [2.24, 2.45) is 5.73 Å². The van der Waals surface area contributed by atoms with E-state index in [2.05, 4.69) is 24.2 Å². The van der Waals surface area contributed by atoms with E-state index < -0.39 is 5.54 Å². The second-order valence-corrected chi connectivity index (χ2v) is 4.71. The van der Waals surface area contributed by atoms with Gasteiger partial charge < -0.3 is 16.0 Å². The monoisotopic (exact) mass is 229 g/mol. The van der Waals surface area contributed by atoms with E-state index in [1.165, 1.54) is 12.8 Å². The minimum Gasteiger partial charge on any atom is -0.368 e. The lowest BCUT2D eigenvalue weighted by atomic mass is 9.95. The van der Waals surface area contributed by atoms with Gasteiger partial charge in [-0.3, -0.25) is 4.79 Å². The SMILES string of the molecule is CCCCN(C)CCCC(C)(NC)C(N)=O. The number of primary amides is 1. The summed E-state index contributed by atoms with van der Waals surface area (Å²) in [5.74, 6) is -0.272. The van der Waals surface area contributed by atoms with Gasteiger partial charge >= 0.3 is 0 Å². The van der Waals surface area contributed by atoms with Gasteiger partial charge in [-0.2, -0.15) is 0 Å². The first-order chi connectivity index (χ1) is 7.46. The van der Waals surface area contributed by atoms with Crippen molar-refractivity contribution >= 4 is 5.91 Å². The Morgan fingerprint density at radius 1 is 1.38 bits per heavy atom. The Morgan fingerprint density at radius 2 is 1.94 bits per heavy atom. The second-order valence-electron chi connectivity index (χ2n) is 4.71. The largest absolute Gasteiger partial charge is 0.368 e. The van der Waals surface area contributed by atoms with Crippen LogP contribution in [0.15, 0.2) is 0 Å². The third-order valence-electron chi connectivity index (χ3n) is 3.21. The molecule has 4 heteroatoms. The van der Waals surface area contributed by atoms with Gasteiger partial charge in [-0.15, -0.1) is 0 Å². The summed E-state index contributed by atoms with van der Waals surface area (Å²) in [6.45, 7) is 6.20. The molecule has 4 nitrogen and oxygen atoms in total. The Balaban J connectivity index is 3.82. The number of likely N-dealkylation sites (N-methyl/N-ethyl adjacent to an activating group) is 1. The van der Waals surface area contributed by atoms with Crippen molar-refractivity contribution in [3.8, 4) is 0 Å². The lowest BCUT2D eigenvalue weighted by molar-refractivity contribution is -0.123. The van der Waals surface area contributed by atoms with Crippen LogP contribution in [0.25, 0.3) is 0 Å². The molecule has 1 unspecified atom stereocenters. The standard InChI is InChI=1S/C12H27N3O/c1-5-6-9-15(4)10-7-8-12(2,14-3)11(13)16/h14H,5-10H2,1-4H3,(H2,13,16). The lowest BCUT2D eigenvalue weighted by Gasteiger charge is -2.26. The number of nitrogens with two attached hydrogens (primary N) is 1. The molecule has 0 saturated heterocycles. The summed E-state index contributed by atoms with van der Waals surface area (Å²) in [6.07, 6.45) is 4.23. The normalized spacial score (nSPS) is 15.1. The maximum atomic E-state index is 11.2. The minimum atomic E-state index is -0.564. The summed E-state index contributed by atoms with van der Waals surface area (Å²) in [7, 11) is 3.90. The van der Waals surface area contributed by atoms with Crippen LogP contribution in [-0.4, -0.2) is 43.5 Å². The fourth-order valence-electron chi connectivity index (χ4n) is 1.61. The van der Waals surface area contributed by atoms with Gasteiger partial charge in [0, 0.05) is 0 Å². The van der Waals surface area contributed by atoms with E-state index in [4.69, 9.17) is 5.73 Å². The fraction of sp³-hybridized carbons (Fsp3) is 0.917. The van der Waals surface area contributed by atoms with E-state index in [-0.39, 0.29) is 5.91 Å². The number of unbranched alkanes of at least 4 members (excludes halogenated alkanes) is 1. The molecule has 0 aromatic rings. The molecule has 1 atom stereocenters. The molecule has 0 rings (SSSR count).